The summed E-state index contributed by atoms with van der Waals surface area (Å²) in [6, 6.07) is 15.0. The number of benzene rings is 2. The maximum Gasteiger partial charge on any atom is 0.123 e. The Morgan fingerprint density at radius 3 is 1.94 bits per heavy atom. The van der Waals surface area contributed by atoms with Gasteiger partial charge >= 0.3 is 0 Å². The highest BCUT2D eigenvalue weighted by molar-refractivity contribution is 5.63. The normalized spacial score (nSPS) is 11.0. The van der Waals surface area contributed by atoms with Gasteiger partial charge in [0.05, 0.1) is 0 Å². The maximum atomic E-state index is 12.8. The largest absolute Gasteiger partial charge is 0.207 e. The molecule has 0 saturated carbocycles. The molecule has 0 amide bonds. The summed E-state index contributed by atoms with van der Waals surface area (Å²) in [6.07, 6.45) is 6.41. The monoisotopic (exact) mass is 240 g/mol. The van der Waals surface area contributed by atoms with Crippen molar-refractivity contribution in [3.63, 3.8) is 0 Å². The number of rotatable bonds is 4. The summed E-state index contributed by atoms with van der Waals surface area (Å²) in [4.78, 5) is 0. The predicted molar refractivity (Wildman–Crippen MR) is 75.0 cm³/mol. The lowest BCUT2D eigenvalue weighted by Crippen LogP contribution is -1.83. The third-order valence-corrected chi connectivity index (χ3v) is 2.89. The van der Waals surface area contributed by atoms with Gasteiger partial charge in [-0.3, -0.25) is 0 Å². The molecule has 2 aromatic rings. The molecule has 0 aliphatic heterocycles. The first-order valence-electron chi connectivity index (χ1n) is 6.29. The standard InChI is InChI=1S/C17H17F/c1-2-3-4-5-14-6-8-15(9-7-14)16-10-12-17(18)13-11-16/h3-4,6-13H,2,5H2,1H3. The lowest BCUT2D eigenvalue weighted by molar-refractivity contribution is 0.628. The molecule has 0 heterocycles. The van der Waals surface area contributed by atoms with Crippen LogP contribution in [0, 0.1) is 5.82 Å². The van der Waals surface area contributed by atoms with Crippen LogP contribution < -0.4 is 0 Å². The zero-order chi connectivity index (χ0) is 12.8. The molecule has 0 spiro atoms. The maximum absolute atomic E-state index is 12.8. The SMILES string of the molecule is CCC=CCc1ccc(-c2ccc(F)cc2)cc1. The predicted octanol–water partition coefficient (Wildman–Crippen LogP) is 5.00. The van der Waals surface area contributed by atoms with Gasteiger partial charge in [0, 0.05) is 0 Å². The van der Waals surface area contributed by atoms with Crippen molar-refractivity contribution in [3.8, 4) is 11.1 Å². The average molecular weight is 240 g/mol. The number of halogens is 1. The lowest BCUT2D eigenvalue weighted by Gasteiger charge is -2.03. The second-order valence-electron chi connectivity index (χ2n) is 4.29. The Morgan fingerprint density at radius 1 is 0.833 bits per heavy atom. The Bertz CT molecular complexity index is 506. The van der Waals surface area contributed by atoms with Gasteiger partial charge in [0.1, 0.15) is 5.82 Å². The molecule has 2 aromatic carbocycles. The third-order valence-electron chi connectivity index (χ3n) is 2.89. The zero-order valence-corrected chi connectivity index (χ0v) is 10.6. The zero-order valence-electron chi connectivity index (χ0n) is 10.6. The Balaban J connectivity index is 2.12. The van der Waals surface area contributed by atoms with E-state index in [1.54, 1.807) is 12.1 Å². The molecule has 0 nitrogen and oxygen atoms in total. The first-order chi connectivity index (χ1) is 8.79. The average Bonchev–Trinajstić information content (AvgIpc) is 2.41. The summed E-state index contributed by atoms with van der Waals surface area (Å²) in [6.45, 7) is 2.13. The first kappa shape index (κ1) is 12.6. The molecule has 2 rings (SSSR count). The van der Waals surface area contributed by atoms with Crippen LogP contribution in [-0.4, -0.2) is 0 Å². The van der Waals surface area contributed by atoms with Crippen LogP contribution in [0.3, 0.4) is 0 Å². The molecule has 0 fully saturated rings. The Hall–Kier alpha value is -1.89. The molecule has 0 bridgehead atoms. The van der Waals surface area contributed by atoms with E-state index >= 15 is 0 Å². The smallest absolute Gasteiger partial charge is 0.123 e. The quantitative estimate of drug-likeness (QED) is 0.659. The molecule has 1 heteroatoms. The second kappa shape index (κ2) is 6.15. The van der Waals surface area contributed by atoms with Crippen molar-refractivity contribution in [2.24, 2.45) is 0 Å². The lowest BCUT2D eigenvalue weighted by atomic mass is 10.0. The van der Waals surface area contributed by atoms with Crippen molar-refractivity contribution in [3.05, 3.63) is 72.1 Å². The Morgan fingerprint density at radius 2 is 1.39 bits per heavy atom. The topological polar surface area (TPSA) is 0 Å². The van der Waals surface area contributed by atoms with Crippen molar-refractivity contribution in [2.45, 2.75) is 19.8 Å². The summed E-state index contributed by atoms with van der Waals surface area (Å²) in [5, 5.41) is 0. The van der Waals surface area contributed by atoms with Crippen LogP contribution in [0.15, 0.2) is 60.7 Å². The van der Waals surface area contributed by atoms with Crippen molar-refractivity contribution < 1.29 is 4.39 Å². The molecular formula is C17H17F. The fraction of sp³-hybridized carbons (Fsp3) is 0.176. The molecular weight excluding hydrogens is 223 g/mol. The first-order valence-corrected chi connectivity index (χ1v) is 6.29. The second-order valence-corrected chi connectivity index (χ2v) is 4.29. The molecule has 0 radical (unpaired) electrons. The molecule has 0 unspecified atom stereocenters. The third kappa shape index (κ3) is 3.30. The number of hydrogen-bond donors (Lipinski definition) is 0. The van der Waals surface area contributed by atoms with Crippen LogP contribution in [0.25, 0.3) is 11.1 Å². The number of hydrogen-bond acceptors (Lipinski definition) is 0. The van der Waals surface area contributed by atoms with Gasteiger partial charge in [-0.2, -0.15) is 0 Å². The van der Waals surface area contributed by atoms with E-state index < -0.39 is 0 Å². The summed E-state index contributed by atoms with van der Waals surface area (Å²) in [5.41, 5.74) is 3.47. The van der Waals surface area contributed by atoms with Crippen LogP contribution in [-0.2, 0) is 6.42 Å². The summed E-state index contributed by atoms with van der Waals surface area (Å²) in [7, 11) is 0. The fourth-order valence-corrected chi connectivity index (χ4v) is 1.86. The van der Waals surface area contributed by atoms with Gasteiger partial charge < -0.3 is 0 Å². The van der Waals surface area contributed by atoms with E-state index in [1.807, 2.05) is 0 Å². The molecule has 0 atom stereocenters. The van der Waals surface area contributed by atoms with E-state index in [2.05, 4.69) is 43.3 Å². The minimum absolute atomic E-state index is 0.194. The summed E-state index contributed by atoms with van der Waals surface area (Å²) >= 11 is 0. The van der Waals surface area contributed by atoms with Gasteiger partial charge in [0.2, 0.25) is 0 Å². The van der Waals surface area contributed by atoms with E-state index in [1.165, 1.54) is 17.7 Å². The van der Waals surface area contributed by atoms with Crippen LogP contribution >= 0.6 is 0 Å². The van der Waals surface area contributed by atoms with E-state index in [0.717, 1.165) is 24.0 Å². The highest BCUT2D eigenvalue weighted by Crippen LogP contribution is 2.20. The van der Waals surface area contributed by atoms with Crippen molar-refractivity contribution in [1.29, 1.82) is 0 Å². The van der Waals surface area contributed by atoms with Crippen LogP contribution in [0.4, 0.5) is 4.39 Å². The molecule has 0 N–H and O–H groups in total. The van der Waals surface area contributed by atoms with Gasteiger partial charge in [0.15, 0.2) is 0 Å². The summed E-state index contributed by atoms with van der Waals surface area (Å²) < 4.78 is 12.8. The minimum Gasteiger partial charge on any atom is -0.207 e. The Labute approximate surface area is 108 Å². The van der Waals surface area contributed by atoms with E-state index in [0.29, 0.717) is 0 Å². The fourth-order valence-electron chi connectivity index (χ4n) is 1.86. The molecule has 0 saturated heterocycles. The minimum atomic E-state index is -0.194. The van der Waals surface area contributed by atoms with E-state index in [-0.39, 0.29) is 5.82 Å². The molecule has 92 valence electrons. The highest BCUT2D eigenvalue weighted by Gasteiger charge is 1.98. The van der Waals surface area contributed by atoms with E-state index in [4.69, 9.17) is 0 Å². The highest BCUT2D eigenvalue weighted by atomic mass is 19.1. The van der Waals surface area contributed by atoms with Gasteiger partial charge in [-0.15, -0.1) is 0 Å². The number of allylic oxidation sites excluding steroid dienone is 2. The van der Waals surface area contributed by atoms with Crippen molar-refractivity contribution >= 4 is 0 Å². The molecule has 0 aromatic heterocycles. The van der Waals surface area contributed by atoms with Crippen molar-refractivity contribution in [1.82, 2.24) is 0 Å². The van der Waals surface area contributed by atoms with Gasteiger partial charge in [0.25, 0.3) is 0 Å². The molecule has 0 aliphatic carbocycles. The van der Waals surface area contributed by atoms with Crippen LogP contribution in [0.1, 0.15) is 18.9 Å². The van der Waals surface area contributed by atoms with Gasteiger partial charge in [-0.25, -0.2) is 4.39 Å². The Kier molecular flexibility index (Phi) is 4.30. The van der Waals surface area contributed by atoms with Gasteiger partial charge in [-0.05, 0) is 41.7 Å². The van der Waals surface area contributed by atoms with Crippen LogP contribution in [0.5, 0.6) is 0 Å². The van der Waals surface area contributed by atoms with Crippen LogP contribution in [0.2, 0.25) is 0 Å². The van der Waals surface area contributed by atoms with Crippen molar-refractivity contribution in [2.75, 3.05) is 0 Å². The van der Waals surface area contributed by atoms with Gasteiger partial charge in [-0.1, -0.05) is 55.5 Å². The van der Waals surface area contributed by atoms with E-state index in [9.17, 15) is 4.39 Å². The molecule has 0 aliphatic rings. The molecule has 18 heavy (non-hydrogen) atoms. The summed E-state index contributed by atoms with van der Waals surface area (Å²) in [5.74, 6) is -0.194.